The van der Waals surface area contributed by atoms with Gasteiger partial charge in [-0.05, 0) is 37.6 Å². The predicted octanol–water partition coefficient (Wildman–Crippen LogP) is 2.77. The fourth-order valence-electron chi connectivity index (χ4n) is 1.48. The molecule has 0 spiro atoms. The second-order valence-corrected chi connectivity index (χ2v) is 4.54. The largest absolute Gasteiger partial charge is 0.480 e. The molecular weight excluding hydrogens is 245 g/mol. The Bertz CT molecular complexity index is 409. The van der Waals surface area contributed by atoms with Gasteiger partial charge in [0.2, 0.25) is 0 Å². The van der Waals surface area contributed by atoms with E-state index in [1.54, 1.807) is 4.90 Å². The normalized spacial score (nSPS) is 11.2. The number of rotatable bonds is 5. The molecule has 0 bridgehead atoms. The number of halogens is 2. The van der Waals surface area contributed by atoms with Crippen molar-refractivity contribution in [2.45, 2.75) is 26.4 Å². The first kappa shape index (κ1) is 13.9. The summed E-state index contributed by atoms with van der Waals surface area (Å²) in [6.07, 6.45) is 0. The molecule has 0 aromatic heterocycles. The van der Waals surface area contributed by atoms with Gasteiger partial charge in [-0.3, -0.25) is 9.69 Å². The van der Waals surface area contributed by atoms with E-state index < -0.39 is 5.97 Å². The first-order valence-corrected chi connectivity index (χ1v) is 5.67. The first-order chi connectivity index (χ1) is 7.90. The zero-order valence-electron chi connectivity index (χ0n) is 9.78. The van der Waals surface area contributed by atoms with Crippen LogP contribution in [0.25, 0.3) is 0 Å². The van der Waals surface area contributed by atoms with Crippen molar-refractivity contribution in [3.8, 4) is 0 Å². The van der Waals surface area contributed by atoms with Gasteiger partial charge in [0, 0.05) is 17.6 Å². The molecule has 0 amide bonds. The van der Waals surface area contributed by atoms with Crippen molar-refractivity contribution in [2.75, 3.05) is 6.54 Å². The summed E-state index contributed by atoms with van der Waals surface area (Å²) in [5, 5.41) is 9.23. The third-order valence-electron chi connectivity index (χ3n) is 2.45. The Labute approximate surface area is 105 Å². The average molecular weight is 260 g/mol. The fourth-order valence-corrected chi connectivity index (χ4v) is 1.66. The van der Waals surface area contributed by atoms with Crippen LogP contribution in [0, 0.1) is 5.82 Å². The van der Waals surface area contributed by atoms with Crippen LogP contribution in [0.2, 0.25) is 5.02 Å². The fraction of sp³-hybridized carbons (Fsp3) is 0.417. The zero-order chi connectivity index (χ0) is 13.0. The van der Waals surface area contributed by atoms with Crippen molar-refractivity contribution in [1.82, 2.24) is 4.90 Å². The predicted molar refractivity (Wildman–Crippen MR) is 64.6 cm³/mol. The van der Waals surface area contributed by atoms with Crippen LogP contribution in [-0.2, 0) is 11.3 Å². The Hall–Kier alpha value is -1.13. The summed E-state index contributed by atoms with van der Waals surface area (Å²) in [7, 11) is 0. The van der Waals surface area contributed by atoms with Gasteiger partial charge in [-0.2, -0.15) is 0 Å². The van der Waals surface area contributed by atoms with Gasteiger partial charge in [0.25, 0.3) is 0 Å². The minimum atomic E-state index is -0.911. The highest BCUT2D eigenvalue weighted by Gasteiger charge is 2.15. The molecule has 0 unspecified atom stereocenters. The molecule has 0 aliphatic carbocycles. The lowest BCUT2D eigenvalue weighted by Gasteiger charge is -2.24. The Morgan fingerprint density at radius 3 is 2.71 bits per heavy atom. The summed E-state index contributed by atoms with van der Waals surface area (Å²) in [6.45, 7) is 4.00. The van der Waals surface area contributed by atoms with Gasteiger partial charge in [0.05, 0.1) is 6.54 Å². The number of aliphatic carboxylic acids is 1. The summed E-state index contributed by atoms with van der Waals surface area (Å²) in [6, 6.07) is 4.14. The smallest absolute Gasteiger partial charge is 0.317 e. The summed E-state index contributed by atoms with van der Waals surface area (Å²) < 4.78 is 13.1. The maximum absolute atomic E-state index is 13.1. The minimum absolute atomic E-state index is 0.0467. The van der Waals surface area contributed by atoms with Crippen molar-refractivity contribution in [2.24, 2.45) is 0 Å². The van der Waals surface area contributed by atoms with E-state index in [9.17, 15) is 9.18 Å². The van der Waals surface area contributed by atoms with Gasteiger partial charge < -0.3 is 5.11 Å². The Balaban J connectivity index is 2.85. The molecule has 0 saturated heterocycles. The van der Waals surface area contributed by atoms with Crippen LogP contribution >= 0.6 is 11.6 Å². The molecule has 5 heteroatoms. The number of carbonyl (C=O) groups is 1. The molecule has 0 aliphatic heterocycles. The highest BCUT2D eigenvalue weighted by molar-refractivity contribution is 6.31. The Morgan fingerprint density at radius 2 is 2.18 bits per heavy atom. The quantitative estimate of drug-likeness (QED) is 0.884. The summed E-state index contributed by atoms with van der Waals surface area (Å²) in [4.78, 5) is 12.4. The molecule has 0 radical (unpaired) electrons. The molecule has 17 heavy (non-hydrogen) atoms. The molecular formula is C12H15ClFNO2. The molecule has 1 rings (SSSR count). The number of hydrogen-bond donors (Lipinski definition) is 1. The van der Waals surface area contributed by atoms with E-state index in [2.05, 4.69) is 0 Å². The molecule has 0 fully saturated rings. The maximum atomic E-state index is 13.1. The third-order valence-corrected chi connectivity index (χ3v) is 2.82. The van der Waals surface area contributed by atoms with Crippen molar-refractivity contribution >= 4 is 17.6 Å². The minimum Gasteiger partial charge on any atom is -0.480 e. The molecule has 0 atom stereocenters. The van der Waals surface area contributed by atoms with Crippen molar-refractivity contribution in [3.63, 3.8) is 0 Å². The molecule has 1 aromatic rings. The number of benzene rings is 1. The monoisotopic (exact) mass is 259 g/mol. The molecule has 0 aliphatic rings. The second-order valence-electron chi connectivity index (χ2n) is 4.13. The van der Waals surface area contributed by atoms with E-state index in [1.807, 2.05) is 13.8 Å². The van der Waals surface area contributed by atoms with Crippen LogP contribution in [0.3, 0.4) is 0 Å². The van der Waals surface area contributed by atoms with Crippen molar-refractivity contribution < 1.29 is 14.3 Å². The number of carboxylic acid groups (broad SMARTS) is 1. The highest BCUT2D eigenvalue weighted by Crippen LogP contribution is 2.19. The first-order valence-electron chi connectivity index (χ1n) is 5.30. The maximum Gasteiger partial charge on any atom is 0.317 e. The second kappa shape index (κ2) is 5.98. The molecule has 0 saturated carbocycles. The molecule has 1 N–H and O–H groups in total. The van der Waals surface area contributed by atoms with Gasteiger partial charge in [-0.15, -0.1) is 0 Å². The average Bonchev–Trinajstić information content (AvgIpc) is 2.21. The standard InChI is InChI=1S/C12H15ClFNO2/c1-8(2)15(7-12(16)17)6-9-5-10(14)3-4-11(9)13/h3-5,8H,6-7H2,1-2H3,(H,16,17). The lowest BCUT2D eigenvalue weighted by Crippen LogP contribution is -2.35. The van der Waals surface area contributed by atoms with Gasteiger partial charge in [-0.1, -0.05) is 11.6 Å². The van der Waals surface area contributed by atoms with Crippen LogP contribution in [0.5, 0.6) is 0 Å². The van der Waals surface area contributed by atoms with Crippen LogP contribution in [0.4, 0.5) is 4.39 Å². The topological polar surface area (TPSA) is 40.5 Å². The van der Waals surface area contributed by atoms with E-state index in [1.165, 1.54) is 18.2 Å². The van der Waals surface area contributed by atoms with Crippen LogP contribution in [-0.4, -0.2) is 28.6 Å². The van der Waals surface area contributed by atoms with Gasteiger partial charge in [0.1, 0.15) is 5.82 Å². The number of hydrogen-bond acceptors (Lipinski definition) is 2. The summed E-state index contributed by atoms with van der Waals surface area (Å²) >= 11 is 5.94. The van der Waals surface area contributed by atoms with Crippen molar-refractivity contribution in [3.05, 3.63) is 34.6 Å². The molecule has 0 heterocycles. The van der Waals surface area contributed by atoms with E-state index in [-0.39, 0.29) is 18.4 Å². The van der Waals surface area contributed by atoms with Crippen LogP contribution in [0.15, 0.2) is 18.2 Å². The lowest BCUT2D eigenvalue weighted by atomic mass is 10.2. The zero-order valence-corrected chi connectivity index (χ0v) is 10.5. The van der Waals surface area contributed by atoms with E-state index >= 15 is 0 Å². The van der Waals surface area contributed by atoms with Crippen LogP contribution in [0.1, 0.15) is 19.4 Å². The van der Waals surface area contributed by atoms with Gasteiger partial charge in [-0.25, -0.2) is 4.39 Å². The van der Waals surface area contributed by atoms with E-state index in [4.69, 9.17) is 16.7 Å². The van der Waals surface area contributed by atoms with E-state index in [0.29, 0.717) is 17.1 Å². The lowest BCUT2D eigenvalue weighted by molar-refractivity contribution is -0.138. The van der Waals surface area contributed by atoms with E-state index in [0.717, 1.165) is 0 Å². The molecule has 94 valence electrons. The van der Waals surface area contributed by atoms with Crippen molar-refractivity contribution in [1.29, 1.82) is 0 Å². The van der Waals surface area contributed by atoms with Crippen LogP contribution < -0.4 is 0 Å². The number of nitrogens with zero attached hydrogens (tertiary/aromatic N) is 1. The molecule has 1 aromatic carbocycles. The van der Waals surface area contributed by atoms with Gasteiger partial charge in [0.15, 0.2) is 0 Å². The summed E-state index contributed by atoms with van der Waals surface area (Å²) in [5.74, 6) is -1.28. The molecule has 3 nitrogen and oxygen atoms in total. The van der Waals surface area contributed by atoms with Gasteiger partial charge >= 0.3 is 5.97 Å². The Morgan fingerprint density at radius 1 is 1.53 bits per heavy atom. The number of carboxylic acids is 1. The highest BCUT2D eigenvalue weighted by atomic mass is 35.5. The summed E-state index contributed by atoms with van der Waals surface area (Å²) in [5.41, 5.74) is 0.599. The Kier molecular flexibility index (Phi) is 4.90. The SMILES string of the molecule is CC(C)N(CC(=O)O)Cc1cc(F)ccc1Cl. The third kappa shape index (κ3) is 4.32.